The van der Waals surface area contributed by atoms with Crippen LogP contribution in [0.5, 0.6) is 0 Å². The Labute approximate surface area is 121 Å². The maximum Gasteiger partial charge on any atom is 0.0426 e. The van der Waals surface area contributed by atoms with E-state index >= 15 is 0 Å². The number of benzene rings is 1. The third-order valence-corrected chi connectivity index (χ3v) is 4.07. The summed E-state index contributed by atoms with van der Waals surface area (Å²) in [5, 5.41) is 0.714. The van der Waals surface area contributed by atoms with Crippen LogP contribution in [-0.4, -0.2) is 43.5 Å². The van der Waals surface area contributed by atoms with E-state index in [4.69, 9.17) is 17.3 Å². The van der Waals surface area contributed by atoms with Gasteiger partial charge >= 0.3 is 0 Å². The van der Waals surface area contributed by atoms with Crippen LogP contribution >= 0.6 is 11.6 Å². The fourth-order valence-corrected chi connectivity index (χ4v) is 2.97. The molecular weight excluding hydrogens is 258 g/mol. The predicted octanol–water partition coefficient (Wildman–Crippen LogP) is 2.70. The smallest absolute Gasteiger partial charge is 0.0426 e. The molecule has 1 fully saturated rings. The Balaban J connectivity index is 1.85. The lowest BCUT2D eigenvalue weighted by Gasteiger charge is -2.33. The quantitative estimate of drug-likeness (QED) is 0.862. The van der Waals surface area contributed by atoms with Gasteiger partial charge in [0.1, 0.15) is 0 Å². The van der Waals surface area contributed by atoms with Crippen molar-refractivity contribution in [3.8, 4) is 0 Å². The Hall–Kier alpha value is -0.770. The molecule has 1 heterocycles. The minimum absolute atomic E-state index is 0.714. The van der Waals surface area contributed by atoms with Crippen molar-refractivity contribution in [3.63, 3.8) is 0 Å². The molecular formula is C15H24ClN3. The molecule has 106 valence electrons. The number of hydrogen-bond acceptors (Lipinski definition) is 3. The van der Waals surface area contributed by atoms with Crippen LogP contribution in [0.3, 0.4) is 0 Å². The van der Waals surface area contributed by atoms with Gasteiger partial charge in [-0.3, -0.25) is 4.90 Å². The van der Waals surface area contributed by atoms with Gasteiger partial charge in [-0.1, -0.05) is 17.7 Å². The number of piperidine rings is 1. The van der Waals surface area contributed by atoms with E-state index in [-0.39, 0.29) is 0 Å². The van der Waals surface area contributed by atoms with Crippen molar-refractivity contribution in [1.82, 2.24) is 9.80 Å². The van der Waals surface area contributed by atoms with Gasteiger partial charge in [-0.15, -0.1) is 0 Å². The van der Waals surface area contributed by atoms with Crippen molar-refractivity contribution < 1.29 is 0 Å². The van der Waals surface area contributed by atoms with E-state index in [1.807, 2.05) is 18.2 Å². The van der Waals surface area contributed by atoms with Gasteiger partial charge in [-0.05, 0) is 63.6 Å². The maximum absolute atomic E-state index is 6.01. The highest BCUT2D eigenvalue weighted by atomic mass is 35.5. The summed E-state index contributed by atoms with van der Waals surface area (Å²) in [5.74, 6) is 0.841. The third kappa shape index (κ3) is 4.37. The number of nitrogens with zero attached hydrogens (tertiary/aromatic N) is 2. The maximum atomic E-state index is 6.01. The Morgan fingerprint density at radius 2 is 2.00 bits per heavy atom. The van der Waals surface area contributed by atoms with Gasteiger partial charge in [-0.2, -0.15) is 0 Å². The molecule has 0 aliphatic carbocycles. The Morgan fingerprint density at radius 1 is 1.32 bits per heavy atom. The number of nitrogen functional groups attached to an aromatic ring is 1. The predicted molar refractivity (Wildman–Crippen MR) is 82.4 cm³/mol. The minimum Gasteiger partial charge on any atom is -0.398 e. The van der Waals surface area contributed by atoms with Crippen molar-refractivity contribution in [3.05, 3.63) is 28.8 Å². The summed E-state index contributed by atoms with van der Waals surface area (Å²) in [5.41, 5.74) is 8.01. The molecule has 1 aromatic rings. The van der Waals surface area contributed by atoms with E-state index in [1.165, 1.54) is 38.0 Å². The molecule has 0 atom stereocenters. The molecule has 1 aliphatic heterocycles. The molecule has 1 aliphatic rings. The van der Waals surface area contributed by atoms with Crippen LogP contribution in [0.25, 0.3) is 0 Å². The van der Waals surface area contributed by atoms with Gasteiger partial charge in [0.25, 0.3) is 0 Å². The lowest BCUT2D eigenvalue weighted by atomic mass is 9.96. The van der Waals surface area contributed by atoms with Crippen LogP contribution in [0.2, 0.25) is 5.02 Å². The molecule has 1 aromatic carbocycles. The molecule has 2 rings (SSSR count). The lowest BCUT2D eigenvalue weighted by Crippen LogP contribution is -2.36. The summed E-state index contributed by atoms with van der Waals surface area (Å²) in [6.45, 7) is 4.48. The number of nitrogens with two attached hydrogens (primary N) is 1. The second-order valence-corrected chi connectivity index (χ2v) is 6.26. The van der Waals surface area contributed by atoms with Gasteiger partial charge < -0.3 is 10.6 Å². The SMILES string of the molecule is CN(C)CC1CCN(Cc2ccc(Cl)cc2N)CC1. The van der Waals surface area contributed by atoms with Crippen molar-refractivity contribution in [2.45, 2.75) is 19.4 Å². The summed E-state index contributed by atoms with van der Waals surface area (Å²) < 4.78 is 0. The highest BCUT2D eigenvalue weighted by molar-refractivity contribution is 6.30. The molecule has 19 heavy (non-hydrogen) atoms. The second-order valence-electron chi connectivity index (χ2n) is 5.82. The third-order valence-electron chi connectivity index (χ3n) is 3.83. The Bertz CT molecular complexity index is 412. The molecule has 0 amide bonds. The average molecular weight is 282 g/mol. The molecule has 0 aromatic heterocycles. The van der Waals surface area contributed by atoms with Crippen LogP contribution in [0, 0.1) is 5.92 Å². The van der Waals surface area contributed by atoms with Crippen molar-refractivity contribution in [2.75, 3.05) is 39.5 Å². The number of hydrogen-bond donors (Lipinski definition) is 1. The van der Waals surface area contributed by atoms with Gasteiger partial charge in [-0.25, -0.2) is 0 Å². The first kappa shape index (κ1) is 14.6. The van der Waals surface area contributed by atoms with E-state index in [1.54, 1.807) is 0 Å². The summed E-state index contributed by atoms with van der Waals surface area (Å²) in [6.07, 6.45) is 2.57. The number of rotatable bonds is 4. The first-order valence-corrected chi connectivity index (χ1v) is 7.33. The molecule has 3 nitrogen and oxygen atoms in total. The van der Waals surface area contributed by atoms with E-state index in [0.29, 0.717) is 5.02 Å². The summed E-state index contributed by atoms with van der Waals surface area (Å²) >= 11 is 5.93. The zero-order chi connectivity index (χ0) is 13.8. The van der Waals surface area contributed by atoms with Crippen LogP contribution in [0.15, 0.2) is 18.2 Å². The summed E-state index contributed by atoms with van der Waals surface area (Å²) in [4.78, 5) is 4.78. The van der Waals surface area contributed by atoms with Crippen molar-refractivity contribution in [2.24, 2.45) is 5.92 Å². The largest absolute Gasteiger partial charge is 0.398 e. The molecule has 2 N–H and O–H groups in total. The van der Waals surface area contributed by atoms with E-state index < -0.39 is 0 Å². The van der Waals surface area contributed by atoms with Crippen molar-refractivity contribution in [1.29, 1.82) is 0 Å². The van der Waals surface area contributed by atoms with E-state index in [2.05, 4.69) is 23.9 Å². The summed E-state index contributed by atoms with van der Waals surface area (Å²) in [6, 6.07) is 5.81. The number of anilines is 1. The van der Waals surface area contributed by atoms with Crippen LogP contribution in [0.1, 0.15) is 18.4 Å². The number of halogens is 1. The number of likely N-dealkylation sites (tertiary alicyclic amines) is 1. The van der Waals surface area contributed by atoms with E-state index in [9.17, 15) is 0 Å². The Kier molecular flexibility index (Phi) is 5.08. The van der Waals surface area contributed by atoms with Gasteiger partial charge in [0.05, 0.1) is 0 Å². The highest BCUT2D eigenvalue weighted by Crippen LogP contribution is 2.23. The highest BCUT2D eigenvalue weighted by Gasteiger charge is 2.20. The molecule has 1 saturated heterocycles. The first-order valence-electron chi connectivity index (χ1n) is 6.95. The lowest BCUT2D eigenvalue weighted by molar-refractivity contribution is 0.157. The molecule has 0 radical (unpaired) electrons. The first-order chi connectivity index (χ1) is 9.04. The molecule has 0 unspecified atom stereocenters. The summed E-state index contributed by atoms with van der Waals surface area (Å²) in [7, 11) is 4.31. The van der Waals surface area contributed by atoms with E-state index in [0.717, 1.165) is 18.2 Å². The van der Waals surface area contributed by atoms with Gasteiger partial charge in [0.2, 0.25) is 0 Å². The van der Waals surface area contributed by atoms with Gasteiger partial charge in [0.15, 0.2) is 0 Å². The Morgan fingerprint density at radius 3 is 2.58 bits per heavy atom. The van der Waals surface area contributed by atoms with Crippen molar-refractivity contribution >= 4 is 17.3 Å². The minimum atomic E-state index is 0.714. The zero-order valence-corrected chi connectivity index (χ0v) is 12.7. The molecule has 0 saturated carbocycles. The zero-order valence-electron chi connectivity index (χ0n) is 11.9. The fraction of sp³-hybridized carbons (Fsp3) is 0.600. The van der Waals surface area contributed by atoms with Gasteiger partial charge in [0, 0.05) is 23.8 Å². The fourth-order valence-electron chi connectivity index (χ4n) is 2.79. The molecule has 0 bridgehead atoms. The normalized spacial score (nSPS) is 18.1. The molecule has 4 heteroatoms. The standard InChI is InChI=1S/C15H24ClN3/c1-18(2)10-12-5-7-19(8-6-12)11-13-3-4-14(16)9-15(13)17/h3-4,9,12H,5-8,10-11,17H2,1-2H3. The van der Waals surface area contributed by atoms with Crippen LogP contribution < -0.4 is 5.73 Å². The van der Waals surface area contributed by atoms with Crippen LogP contribution in [0.4, 0.5) is 5.69 Å². The second kappa shape index (κ2) is 6.60. The monoisotopic (exact) mass is 281 g/mol. The molecule has 0 spiro atoms. The average Bonchev–Trinajstić information content (AvgIpc) is 2.34. The topological polar surface area (TPSA) is 32.5 Å². The van der Waals surface area contributed by atoms with Crippen LogP contribution in [-0.2, 0) is 6.54 Å².